The van der Waals surface area contributed by atoms with Crippen molar-refractivity contribution in [2.45, 2.75) is 31.7 Å². The maximum Gasteiger partial charge on any atom is 0.307 e. The van der Waals surface area contributed by atoms with Crippen LogP contribution >= 0.6 is 0 Å². The fourth-order valence-electron chi connectivity index (χ4n) is 2.33. The molecule has 0 aromatic heterocycles. The lowest BCUT2D eigenvalue weighted by molar-refractivity contribution is -0.136. The monoisotopic (exact) mass is 245 g/mol. The van der Waals surface area contributed by atoms with Crippen molar-refractivity contribution in [3.8, 4) is 0 Å². The van der Waals surface area contributed by atoms with Crippen LogP contribution in [0, 0.1) is 0 Å². The SMILES string of the molecule is CN(c1ccc(CC(=O)O)cc1)C1C=CCCC1. The van der Waals surface area contributed by atoms with Crippen LogP contribution in [0.5, 0.6) is 0 Å². The number of aliphatic carboxylic acids is 1. The van der Waals surface area contributed by atoms with Crippen LogP contribution in [0.25, 0.3) is 0 Å². The fraction of sp³-hybridized carbons (Fsp3) is 0.400. The van der Waals surface area contributed by atoms with Crippen LogP contribution in [0.4, 0.5) is 5.69 Å². The third kappa shape index (κ3) is 3.13. The summed E-state index contributed by atoms with van der Waals surface area (Å²) in [5.74, 6) is -0.786. The van der Waals surface area contributed by atoms with E-state index in [0.717, 1.165) is 11.3 Å². The molecule has 0 spiro atoms. The number of nitrogens with zero attached hydrogens (tertiary/aromatic N) is 1. The molecule has 1 aliphatic rings. The van der Waals surface area contributed by atoms with Gasteiger partial charge in [0.05, 0.1) is 6.42 Å². The number of benzene rings is 1. The molecule has 0 amide bonds. The number of carboxylic acid groups (broad SMARTS) is 1. The van der Waals surface area contributed by atoms with E-state index in [1.165, 1.54) is 19.3 Å². The van der Waals surface area contributed by atoms with Crippen molar-refractivity contribution in [3.05, 3.63) is 42.0 Å². The Morgan fingerprint density at radius 1 is 1.39 bits per heavy atom. The molecule has 3 heteroatoms. The summed E-state index contributed by atoms with van der Waals surface area (Å²) < 4.78 is 0. The van der Waals surface area contributed by atoms with Gasteiger partial charge < -0.3 is 10.0 Å². The Hall–Kier alpha value is -1.77. The third-order valence-corrected chi connectivity index (χ3v) is 3.43. The van der Waals surface area contributed by atoms with E-state index in [-0.39, 0.29) is 6.42 Å². The number of likely N-dealkylation sites (N-methyl/N-ethyl adjacent to an activating group) is 1. The number of carbonyl (C=O) groups is 1. The molecule has 18 heavy (non-hydrogen) atoms. The van der Waals surface area contributed by atoms with Crippen LogP contribution < -0.4 is 4.90 Å². The number of hydrogen-bond acceptors (Lipinski definition) is 2. The van der Waals surface area contributed by atoms with Gasteiger partial charge in [-0.2, -0.15) is 0 Å². The smallest absolute Gasteiger partial charge is 0.307 e. The molecule has 0 saturated carbocycles. The molecule has 3 nitrogen and oxygen atoms in total. The highest BCUT2D eigenvalue weighted by Gasteiger charge is 2.14. The predicted molar refractivity (Wildman–Crippen MR) is 73.0 cm³/mol. The first kappa shape index (κ1) is 12.7. The van der Waals surface area contributed by atoms with Gasteiger partial charge in [-0.3, -0.25) is 4.79 Å². The largest absolute Gasteiger partial charge is 0.481 e. The first-order valence-electron chi connectivity index (χ1n) is 6.37. The van der Waals surface area contributed by atoms with Gasteiger partial charge in [-0.05, 0) is 37.0 Å². The van der Waals surface area contributed by atoms with Gasteiger partial charge in [0.15, 0.2) is 0 Å². The van der Waals surface area contributed by atoms with Crippen LogP contribution in [0.3, 0.4) is 0 Å². The predicted octanol–water partition coefficient (Wildman–Crippen LogP) is 2.86. The molecule has 0 fully saturated rings. The van der Waals surface area contributed by atoms with Gasteiger partial charge >= 0.3 is 5.97 Å². The molecule has 0 heterocycles. The van der Waals surface area contributed by atoms with E-state index < -0.39 is 5.97 Å². The standard InChI is InChI=1S/C15H19NO2/c1-16(13-5-3-2-4-6-13)14-9-7-12(8-10-14)11-15(17)18/h3,5,7-10,13H,2,4,6,11H2,1H3,(H,17,18). The fourth-order valence-corrected chi connectivity index (χ4v) is 2.33. The van der Waals surface area contributed by atoms with Gasteiger partial charge in [-0.15, -0.1) is 0 Å². The van der Waals surface area contributed by atoms with Gasteiger partial charge in [0.2, 0.25) is 0 Å². The number of hydrogen-bond donors (Lipinski definition) is 1. The Labute approximate surface area is 108 Å². The topological polar surface area (TPSA) is 40.5 Å². The molecule has 2 rings (SSSR count). The number of allylic oxidation sites excluding steroid dienone is 1. The maximum atomic E-state index is 10.6. The Bertz CT molecular complexity index is 436. The van der Waals surface area contributed by atoms with Gasteiger partial charge in [0.25, 0.3) is 0 Å². The maximum absolute atomic E-state index is 10.6. The summed E-state index contributed by atoms with van der Waals surface area (Å²) in [6.45, 7) is 0. The van der Waals surface area contributed by atoms with E-state index in [9.17, 15) is 4.79 Å². The highest BCUT2D eigenvalue weighted by Crippen LogP contribution is 2.22. The van der Waals surface area contributed by atoms with Crippen molar-refractivity contribution >= 4 is 11.7 Å². The molecule has 1 aliphatic carbocycles. The lowest BCUT2D eigenvalue weighted by atomic mass is 10.0. The average Bonchev–Trinajstić information content (AvgIpc) is 2.39. The molecular formula is C15H19NO2. The molecule has 0 radical (unpaired) electrons. The lowest BCUT2D eigenvalue weighted by Gasteiger charge is -2.29. The van der Waals surface area contributed by atoms with E-state index in [4.69, 9.17) is 5.11 Å². The zero-order chi connectivity index (χ0) is 13.0. The summed E-state index contributed by atoms with van der Waals surface area (Å²) >= 11 is 0. The van der Waals surface area contributed by atoms with Gasteiger partial charge in [-0.1, -0.05) is 24.3 Å². The normalized spacial score (nSPS) is 18.6. The molecule has 0 aliphatic heterocycles. The van der Waals surface area contributed by atoms with Gasteiger partial charge in [0, 0.05) is 18.8 Å². The lowest BCUT2D eigenvalue weighted by Crippen LogP contribution is -2.30. The molecule has 0 saturated heterocycles. The minimum atomic E-state index is -0.786. The molecule has 1 aromatic carbocycles. The Kier molecular flexibility index (Phi) is 4.03. The van der Waals surface area contributed by atoms with Crippen LogP contribution in [0.2, 0.25) is 0 Å². The second kappa shape index (κ2) is 5.71. The number of rotatable bonds is 4. The van der Waals surface area contributed by atoms with Crippen LogP contribution in [0.15, 0.2) is 36.4 Å². The first-order chi connectivity index (χ1) is 8.66. The van der Waals surface area contributed by atoms with E-state index >= 15 is 0 Å². The van der Waals surface area contributed by atoms with Gasteiger partial charge in [0.1, 0.15) is 0 Å². The van der Waals surface area contributed by atoms with Crippen LogP contribution in [-0.4, -0.2) is 24.2 Å². The molecule has 96 valence electrons. The van der Waals surface area contributed by atoms with E-state index in [1.807, 2.05) is 24.3 Å². The van der Waals surface area contributed by atoms with Gasteiger partial charge in [-0.25, -0.2) is 0 Å². The van der Waals surface area contributed by atoms with Crippen molar-refractivity contribution in [2.75, 3.05) is 11.9 Å². The second-order valence-corrected chi connectivity index (χ2v) is 4.77. The molecule has 1 atom stereocenters. The summed E-state index contributed by atoms with van der Waals surface area (Å²) in [6, 6.07) is 8.25. The van der Waals surface area contributed by atoms with E-state index in [1.54, 1.807) is 0 Å². The minimum Gasteiger partial charge on any atom is -0.481 e. The number of carboxylic acids is 1. The van der Waals surface area contributed by atoms with E-state index in [0.29, 0.717) is 6.04 Å². The van der Waals surface area contributed by atoms with Crippen molar-refractivity contribution in [1.29, 1.82) is 0 Å². The Morgan fingerprint density at radius 3 is 2.67 bits per heavy atom. The summed E-state index contributed by atoms with van der Waals surface area (Å²) in [5.41, 5.74) is 1.99. The second-order valence-electron chi connectivity index (χ2n) is 4.77. The van der Waals surface area contributed by atoms with Crippen molar-refractivity contribution in [3.63, 3.8) is 0 Å². The molecular weight excluding hydrogens is 226 g/mol. The minimum absolute atomic E-state index is 0.0906. The molecule has 1 N–H and O–H groups in total. The van der Waals surface area contributed by atoms with Crippen LogP contribution in [-0.2, 0) is 11.2 Å². The Morgan fingerprint density at radius 2 is 2.11 bits per heavy atom. The Balaban J connectivity index is 2.06. The first-order valence-corrected chi connectivity index (χ1v) is 6.37. The number of anilines is 1. The van der Waals surface area contributed by atoms with Crippen molar-refractivity contribution in [1.82, 2.24) is 0 Å². The molecule has 1 aromatic rings. The zero-order valence-electron chi connectivity index (χ0n) is 10.7. The quantitative estimate of drug-likeness (QED) is 0.829. The summed E-state index contributed by atoms with van der Waals surface area (Å²) in [4.78, 5) is 12.9. The molecule has 1 unspecified atom stereocenters. The molecule has 0 bridgehead atoms. The summed E-state index contributed by atoms with van der Waals surface area (Å²) in [6.07, 6.45) is 8.19. The average molecular weight is 245 g/mol. The summed E-state index contributed by atoms with van der Waals surface area (Å²) in [7, 11) is 2.09. The third-order valence-electron chi connectivity index (χ3n) is 3.43. The van der Waals surface area contributed by atoms with Crippen molar-refractivity contribution in [2.24, 2.45) is 0 Å². The van der Waals surface area contributed by atoms with E-state index in [2.05, 4.69) is 24.1 Å². The zero-order valence-corrected chi connectivity index (χ0v) is 10.7. The highest BCUT2D eigenvalue weighted by molar-refractivity contribution is 5.70. The summed E-state index contributed by atoms with van der Waals surface area (Å²) in [5, 5.41) is 8.73. The van der Waals surface area contributed by atoms with Crippen LogP contribution in [0.1, 0.15) is 24.8 Å². The van der Waals surface area contributed by atoms with Crippen molar-refractivity contribution < 1.29 is 9.90 Å². The highest BCUT2D eigenvalue weighted by atomic mass is 16.4.